The Labute approximate surface area is 134 Å². The Morgan fingerprint density at radius 2 is 1.95 bits per heavy atom. The van der Waals surface area contributed by atoms with Crippen molar-refractivity contribution in [3.05, 3.63) is 59.8 Å². The monoisotopic (exact) mass is 311 g/mol. The fourth-order valence-corrected chi connectivity index (χ4v) is 3.26. The summed E-state index contributed by atoms with van der Waals surface area (Å²) in [6.45, 7) is 2.13. The van der Waals surface area contributed by atoms with Gasteiger partial charge in [0.2, 0.25) is 5.91 Å². The van der Waals surface area contributed by atoms with Gasteiger partial charge in [-0.2, -0.15) is 0 Å². The highest BCUT2D eigenvalue weighted by molar-refractivity contribution is 8.15. The number of rotatable bonds is 4. The summed E-state index contributed by atoms with van der Waals surface area (Å²) in [5, 5.41) is 3.32. The van der Waals surface area contributed by atoms with Crippen molar-refractivity contribution in [2.75, 3.05) is 0 Å². The molecule has 1 fully saturated rings. The van der Waals surface area contributed by atoms with Crippen LogP contribution in [0.1, 0.15) is 18.1 Å². The van der Waals surface area contributed by atoms with Crippen molar-refractivity contribution in [1.29, 1.82) is 0 Å². The maximum Gasteiger partial charge on any atom is 0.239 e. The van der Waals surface area contributed by atoms with Crippen molar-refractivity contribution >= 4 is 28.7 Å². The first-order valence-corrected chi connectivity index (χ1v) is 8.17. The minimum absolute atomic E-state index is 0.0132. The van der Waals surface area contributed by atoms with Crippen LogP contribution in [0, 0.1) is 0 Å². The number of benzene rings is 1. The molecule has 1 aliphatic heterocycles. The van der Waals surface area contributed by atoms with Crippen LogP contribution in [-0.2, 0) is 17.6 Å². The molecule has 1 aromatic carbocycles. The number of carbonyl (C=O) groups excluding carboxylic acids is 1. The Morgan fingerprint density at radius 1 is 1.18 bits per heavy atom. The van der Waals surface area contributed by atoms with Crippen molar-refractivity contribution in [3.8, 4) is 0 Å². The second-order valence-electron chi connectivity index (χ2n) is 5.07. The molecule has 3 rings (SSSR count). The second kappa shape index (κ2) is 6.75. The Hall–Kier alpha value is -2.14. The number of hydrogen-bond acceptors (Lipinski definition) is 4. The van der Waals surface area contributed by atoms with Gasteiger partial charge in [-0.3, -0.25) is 4.79 Å². The largest absolute Gasteiger partial charge is 0.304 e. The molecule has 5 heteroatoms. The number of amides is 1. The summed E-state index contributed by atoms with van der Waals surface area (Å²) >= 11 is 1.47. The van der Waals surface area contributed by atoms with Gasteiger partial charge in [-0.25, -0.2) is 9.98 Å². The molecule has 1 atom stereocenters. The summed E-state index contributed by atoms with van der Waals surface area (Å²) < 4.78 is 0. The maximum atomic E-state index is 12.1. The maximum absolute atomic E-state index is 12.1. The molecule has 1 saturated heterocycles. The van der Waals surface area contributed by atoms with Crippen molar-refractivity contribution in [1.82, 2.24) is 10.3 Å². The average Bonchev–Trinajstić information content (AvgIpc) is 2.88. The molecule has 4 nitrogen and oxygen atoms in total. The number of amidine groups is 1. The molecule has 1 aliphatic rings. The molecular formula is C17H17N3OS. The van der Waals surface area contributed by atoms with Crippen molar-refractivity contribution < 1.29 is 4.79 Å². The molecule has 1 aromatic heterocycles. The van der Waals surface area contributed by atoms with Gasteiger partial charge < -0.3 is 5.32 Å². The van der Waals surface area contributed by atoms with Crippen LogP contribution in [0.15, 0.2) is 53.7 Å². The van der Waals surface area contributed by atoms with Crippen LogP contribution in [0.5, 0.6) is 0 Å². The molecule has 0 aliphatic carbocycles. The number of aryl methyl sites for hydroxylation is 1. The van der Waals surface area contributed by atoms with Crippen LogP contribution < -0.4 is 5.32 Å². The highest BCUT2D eigenvalue weighted by Crippen LogP contribution is 2.25. The topological polar surface area (TPSA) is 54.4 Å². The highest BCUT2D eigenvalue weighted by Gasteiger charge is 2.30. The van der Waals surface area contributed by atoms with Crippen LogP contribution in [-0.4, -0.2) is 21.3 Å². The van der Waals surface area contributed by atoms with Gasteiger partial charge in [0.05, 0.1) is 5.25 Å². The van der Waals surface area contributed by atoms with Gasteiger partial charge in [-0.15, -0.1) is 0 Å². The fraction of sp³-hybridized carbons (Fsp3) is 0.235. The SMILES string of the molecule is CCc1ccc(CC2SC(=Nc3ccccn3)NC2=O)cc1. The van der Waals surface area contributed by atoms with Gasteiger partial charge in [0.15, 0.2) is 11.0 Å². The normalized spacial score (nSPS) is 19.4. The summed E-state index contributed by atoms with van der Waals surface area (Å²) in [5.41, 5.74) is 2.48. The van der Waals surface area contributed by atoms with Crippen LogP contribution in [0.4, 0.5) is 5.82 Å². The lowest BCUT2D eigenvalue weighted by molar-refractivity contribution is -0.118. The third kappa shape index (κ3) is 3.54. The predicted molar refractivity (Wildman–Crippen MR) is 90.4 cm³/mol. The number of aliphatic imine (C=N–C) groups is 1. The molecular weight excluding hydrogens is 294 g/mol. The zero-order valence-electron chi connectivity index (χ0n) is 12.3. The van der Waals surface area contributed by atoms with E-state index in [-0.39, 0.29) is 11.2 Å². The van der Waals surface area contributed by atoms with Gasteiger partial charge in [0, 0.05) is 6.20 Å². The Morgan fingerprint density at radius 3 is 2.64 bits per heavy atom. The average molecular weight is 311 g/mol. The van der Waals surface area contributed by atoms with Crippen LogP contribution in [0.2, 0.25) is 0 Å². The van der Waals surface area contributed by atoms with E-state index in [4.69, 9.17) is 0 Å². The van der Waals surface area contributed by atoms with Gasteiger partial charge in [0.25, 0.3) is 0 Å². The number of nitrogens with one attached hydrogen (secondary N) is 1. The minimum Gasteiger partial charge on any atom is -0.304 e. The van der Waals surface area contributed by atoms with Gasteiger partial charge in [-0.05, 0) is 36.1 Å². The summed E-state index contributed by atoms with van der Waals surface area (Å²) in [6, 6.07) is 14.0. The first-order chi connectivity index (χ1) is 10.7. The van der Waals surface area contributed by atoms with E-state index in [1.807, 2.05) is 18.2 Å². The van der Waals surface area contributed by atoms with E-state index in [0.29, 0.717) is 17.4 Å². The third-order valence-electron chi connectivity index (χ3n) is 3.49. The van der Waals surface area contributed by atoms with E-state index >= 15 is 0 Å². The molecule has 22 heavy (non-hydrogen) atoms. The van der Waals surface area contributed by atoms with Gasteiger partial charge >= 0.3 is 0 Å². The Kier molecular flexibility index (Phi) is 4.53. The molecule has 2 aromatic rings. The summed E-state index contributed by atoms with van der Waals surface area (Å²) in [7, 11) is 0. The highest BCUT2D eigenvalue weighted by atomic mass is 32.2. The zero-order chi connectivity index (χ0) is 15.4. The van der Waals surface area contributed by atoms with E-state index in [1.54, 1.807) is 6.20 Å². The molecule has 0 radical (unpaired) electrons. The summed E-state index contributed by atoms with van der Waals surface area (Å²) in [5.74, 6) is 0.623. The van der Waals surface area contributed by atoms with E-state index < -0.39 is 0 Å². The van der Waals surface area contributed by atoms with E-state index in [1.165, 1.54) is 22.9 Å². The predicted octanol–water partition coefficient (Wildman–Crippen LogP) is 3.11. The Bertz CT molecular complexity index is 683. The zero-order valence-corrected chi connectivity index (χ0v) is 13.1. The lowest BCUT2D eigenvalue weighted by Crippen LogP contribution is -2.25. The lowest BCUT2D eigenvalue weighted by atomic mass is 10.1. The van der Waals surface area contributed by atoms with Gasteiger partial charge in [-0.1, -0.05) is 49.0 Å². The van der Waals surface area contributed by atoms with Crippen LogP contribution in [0.3, 0.4) is 0 Å². The van der Waals surface area contributed by atoms with E-state index in [2.05, 4.69) is 46.5 Å². The van der Waals surface area contributed by atoms with E-state index in [9.17, 15) is 4.79 Å². The molecule has 0 bridgehead atoms. The lowest BCUT2D eigenvalue weighted by Gasteiger charge is -2.06. The number of pyridine rings is 1. The first-order valence-electron chi connectivity index (χ1n) is 7.29. The minimum atomic E-state index is -0.130. The Balaban J connectivity index is 1.68. The summed E-state index contributed by atoms with van der Waals surface area (Å²) in [4.78, 5) is 20.6. The molecule has 0 spiro atoms. The standard InChI is InChI=1S/C17H17N3OS/c1-2-12-6-8-13(9-7-12)11-14-16(21)20-17(22-14)19-15-5-3-4-10-18-15/h3-10,14H,2,11H2,1H3,(H,18,19,20,21). The second-order valence-corrected chi connectivity index (χ2v) is 6.27. The number of carbonyl (C=O) groups is 1. The first kappa shape index (κ1) is 14.8. The quantitative estimate of drug-likeness (QED) is 0.944. The molecule has 112 valence electrons. The van der Waals surface area contributed by atoms with Crippen LogP contribution in [0.25, 0.3) is 0 Å². The molecule has 1 unspecified atom stereocenters. The fourth-order valence-electron chi connectivity index (χ4n) is 2.24. The molecule has 1 amide bonds. The number of nitrogens with zero attached hydrogens (tertiary/aromatic N) is 2. The van der Waals surface area contributed by atoms with E-state index in [0.717, 1.165) is 6.42 Å². The number of hydrogen-bond donors (Lipinski definition) is 1. The molecule has 2 heterocycles. The van der Waals surface area contributed by atoms with Gasteiger partial charge in [0.1, 0.15) is 0 Å². The summed E-state index contributed by atoms with van der Waals surface area (Å²) in [6.07, 6.45) is 3.43. The molecule has 1 N–H and O–H groups in total. The number of thioether (sulfide) groups is 1. The van der Waals surface area contributed by atoms with Crippen LogP contribution >= 0.6 is 11.8 Å². The van der Waals surface area contributed by atoms with Crippen molar-refractivity contribution in [2.45, 2.75) is 25.0 Å². The smallest absolute Gasteiger partial charge is 0.239 e. The van der Waals surface area contributed by atoms with Crippen molar-refractivity contribution in [3.63, 3.8) is 0 Å². The van der Waals surface area contributed by atoms with Crippen molar-refractivity contribution in [2.24, 2.45) is 4.99 Å². The third-order valence-corrected chi connectivity index (χ3v) is 4.58. The number of aromatic nitrogens is 1. The molecule has 0 saturated carbocycles.